The van der Waals surface area contributed by atoms with Crippen LogP contribution in [0.2, 0.25) is 0 Å². The van der Waals surface area contributed by atoms with Crippen molar-refractivity contribution in [2.24, 2.45) is 29.6 Å². The average molecular weight is 366 g/mol. The Morgan fingerprint density at radius 3 is 1.96 bits per heavy atom. The van der Waals surface area contributed by atoms with Crippen molar-refractivity contribution in [3.63, 3.8) is 0 Å². The third kappa shape index (κ3) is 4.87. The first-order valence-electron chi connectivity index (χ1n) is 9.79. The summed E-state index contributed by atoms with van der Waals surface area (Å²) in [6, 6.07) is 0. The predicted molar refractivity (Wildman–Crippen MR) is 99.6 cm³/mol. The number of hydrogen-bond acceptors (Lipinski definition) is 5. The Morgan fingerprint density at radius 2 is 1.50 bits per heavy atom. The van der Waals surface area contributed by atoms with Gasteiger partial charge in [-0.25, -0.2) is 0 Å². The van der Waals surface area contributed by atoms with Crippen LogP contribution in [0.25, 0.3) is 0 Å². The fraction of sp³-hybridized carbons (Fsp3) is 0.810. The van der Waals surface area contributed by atoms with Crippen LogP contribution < -0.4 is 0 Å². The van der Waals surface area contributed by atoms with Crippen LogP contribution in [-0.2, 0) is 19.2 Å². The number of carbonyl (C=O) groups excluding carboxylic acids is 4. The maximum atomic E-state index is 12.9. The van der Waals surface area contributed by atoms with Crippen molar-refractivity contribution >= 4 is 23.1 Å². The lowest BCUT2D eigenvalue weighted by molar-refractivity contribution is -0.154. The lowest BCUT2D eigenvalue weighted by Gasteiger charge is -2.26. The number of aliphatic hydroxyl groups is 1. The second-order valence-electron chi connectivity index (χ2n) is 8.91. The summed E-state index contributed by atoms with van der Waals surface area (Å²) in [7, 11) is 0. The summed E-state index contributed by atoms with van der Waals surface area (Å²) in [6.07, 6.45) is 1.52. The van der Waals surface area contributed by atoms with Crippen LogP contribution >= 0.6 is 0 Å². The van der Waals surface area contributed by atoms with E-state index in [-0.39, 0.29) is 37.0 Å². The van der Waals surface area contributed by atoms with Crippen molar-refractivity contribution in [2.45, 2.75) is 79.2 Å². The van der Waals surface area contributed by atoms with Crippen molar-refractivity contribution in [2.75, 3.05) is 0 Å². The Hall–Kier alpha value is -1.36. The van der Waals surface area contributed by atoms with Gasteiger partial charge in [-0.3, -0.25) is 19.2 Å². The molecule has 0 bridgehead atoms. The van der Waals surface area contributed by atoms with Gasteiger partial charge in [-0.2, -0.15) is 0 Å². The molecule has 1 aliphatic carbocycles. The minimum atomic E-state index is -2.34. The molecule has 0 aromatic rings. The zero-order valence-electron chi connectivity index (χ0n) is 17.0. The van der Waals surface area contributed by atoms with E-state index in [0.717, 1.165) is 0 Å². The fourth-order valence-electron chi connectivity index (χ4n) is 3.55. The smallest absolute Gasteiger partial charge is 0.192 e. The molecule has 5 nitrogen and oxygen atoms in total. The highest BCUT2D eigenvalue weighted by Gasteiger charge is 2.64. The Bertz CT molecular complexity index is 561. The molecule has 1 rings (SSSR count). The molecule has 1 N–H and O–H groups in total. The quantitative estimate of drug-likeness (QED) is 0.600. The van der Waals surface area contributed by atoms with Gasteiger partial charge in [-0.1, -0.05) is 48.0 Å². The van der Waals surface area contributed by atoms with Gasteiger partial charge in [0.05, 0.1) is 5.92 Å². The Morgan fingerprint density at radius 1 is 0.962 bits per heavy atom. The summed E-state index contributed by atoms with van der Waals surface area (Å²) in [5.41, 5.74) is -2.34. The number of ketones is 4. The maximum absolute atomic E-state index is 12.9. The molecule has 0 aliphatic heterocycles. The summed E-state index contributed by atoms with van der Waals surface area (Å²) in [5.74, 6) is -4.63. The molecule has 5 heteroatoms. The van der Waals surface area contributed by atoms with E-state index < -0.39 is 40.6 Å². The fourth-order valence-corrected chi connectivity index (χ4v) is 3.55. The van der Waals surface area contributed by atoms with E-state index in [1.54, 1.807) is 0 Å². The van der Waals surface area contributed by atoms with E-state index in [0.29, 0.717) is 12.8 Å². The van der Waals surface area contributed by atoms with Gasteiger partial charge < -0.3 is 5.11 Å². The molecule has 0 aromatic carbocycles. The zero-order valence-corrected chi connectivity index (χ0v) is 17.0. The van der Waals surface area contributed by atoms with Gasteiger partial charge in [-0.15, -0.1) is 0 Å². The maximum Gasteiger partial charge on any atom is 0.192 e. The topological polar surface area (TPSA) is 88.5 Å². The van der Waals surface area contributed by atoms with Crippen LogP contribution in [0.3, 0.4) is 0 Å². The van der Waals surface area contributed by atoms with Crippen molar-refractivity contribution < 1.29 is 24.3 Å². The molecule has 1 fully saturated rings. The van der Waals surface area contributed by atoms with Crippen molar-refractivity contribution in [3.05, 3.63) is 0 Å². The Labute approximate surface area is 156 Å². The molecule has 0 radical (unpaired) electrons. The highest BCUT2D eigenvalue weighted by molar-refractivity contribution is 6.33. The van der Waals surface area contributed by atoms with E-state index in [4.69, 9.17) is 0 Å². The molecule has 0 aromatic heterocycles. The first-order chi connectivity index (χ1) is 11.9. The lowest BCUT2D eigenvalue weighted by atomic mass is 9.79. The Balaban J connectivity index is 3.19. The van der Waals surface area contributed by atoms with Gasteiger partial charge in [-0.05, 0) is 30.6 Å². The highest BCUT2D eigenvalue weighted by Crippen LogP contribution is 2.40. The summed E-state index contributed by atoms with van der Waals surface area (Å²) in [4.78, 5) is 51.0. The molecule has 3 atom stereocenters. The second kappa shape index (κ2) is 9.03. The van der Waals surface area contributed by atoms with Crippen LogP contribution in [0.15, 0.2) is 0 Å². The molecular weight excluding hydrogens is 332 g/mol. The van der Waals surface area contributed by atoms with Crippen LogP contribution in [0, 0.1) is 29.6 Å². The normalized spacial score (nSPS) is 26.4. The molecule has 148 valence electrons. The standard InChI is InChI=1S/C21H34O5/c1-12(2)7-9-15-19(24)18(16(22)11-14(5)6)20(25)21(15,26)17(23)10-8-13(3)4/h12-15,18,26H,7-11H2,1-6H3/t15-,18?,21?/m0/s1. The van der Waals surface area contributed by atoms with Gasteiger partial charge in [0.2, 0.25) is 0 Å². The molecular formula is C21H34O5. The lowest BCUT2D eigenvalue weighted by Crippen LogP contribution is -2.50. The molecule has 0 amide bonds. The van der Waals surface area contributed by atoms with Crippen molar-refractivity contribution in [1.82, 2.24) is 0 Å². The average Bonchev–Trinajstić information content (AvgIpc) is 2.69. The van der Waals surface area contributed by atoms with E-state index in [9.17, 15) is 24.3 Å². The monoisotopic (exact) mass is 366 g/mol. The van der Waals surface area contributed by atoms with E-state index in [1.165, 1.54) is 0 Å². The molecule has 0 heterocycles. The van der Waals surface area contributed by atoms with Gasteiger partial charge in [0.25, 0.3) is 0 Å². The third-order valence-corrected chi connectivity index (χ3v) is 5.11. The van der Waals surface area contributed by atoms with Gasteiger partial charge in [0, 0.05) is 12.8 Å². The Kier molecular flexibility index (Phi) is 7.87. The number of hydrogen-bond donors (Lipinski definition) is 1. The highest BCUT2D eigenvalue weighted by atomic mass is 16.3. The SMILES string of the molecule is CC(C)CCC(=O)C1(O)C(=O)C(C(=O)CC(C)C)C(=O)[C@@H]1CCC(C)C. The third-order valence-electron chi connectivity index (χ3n) is 5.11. The first-order valence-corrected chi connectivity index (χ1v) is 9.79. The molecule has 1 aliphatic rings. The zero-order chi connectivity index (χ0) is 20.2. The van der Waals surface area contributed by atoms with Crippen molar-refractivity contribution in [1.29, 1.82) is 0 Å². The first kappa shape index (κ1) is 22.7. The summed E-state index contributed by atoms with van der Waals surface area (Å²) in [6.45, 7) is 11.5. The molecule has 26 heavy (non-hydrogen) atoms. The molecule has 0 spiro atoms. The molecule has 2 unspecified atom stereocenters. The van der Waals surface area contributed by atoms with Gasteiger partial charge in [0.1, 0.15) is 5.92 Å². The summed E-state index contributed by atoms with van der Waals surface area (Å²) < 4.78 is 0. The minimum absolute atomic E-state index is 0.00236. The van der Waals surface area contributed by atoms with Crippen LogP contribution in [0.4, 0.5) is 0 Å². The second-order valence-corrected chi connectivity index (χ2v) is 8.91. The summed E-state index contributed by atoms with van der Waals surface area (Å²) in [5, 5.41) is 11.1. The number of Topliss-reactive ketones (excluding diaryl/α,β-unsaturated/α-hetero) is 4. The van der Waals surface area contributed by atoms with E-state index in [1.807, 2.05) is 41.5 Å². The van der Waals surface area contributed by atoms with Crippen LogP contribution in [0.1, 0.15) is 73.6 Å². The van der Waals surface area contributed by atoms with E-state index >= 15 is 0 Å². The number of carbonyl (C=O) groups is 4. The van der Waals surface area contributed by atoms with Crippen LogP contribution in [0.5, 0.6) is 0 Å². The molecule has 1 saturated carbocycles. The van der Waals surface area contributed by atoms with Crippen LogP contribution in [-0.4, -0.2) is 33.8 Å². The van der Waals surface area contributed by atoms with Gasteiger partial charge >= 0.3 is 0 Å². The predicted octanol–water partition coefficient (Wildman–Crippen LogP) is 3.16. The summed E-state index contributed by atoms with van der Waals surface area (Å²) >= 11 is 0. The van der Waals surface area contributed by atoms with E-state index in [2.05, 4.69) is 0 Å². The molecule has 0 saturated heterocycles. The van der Waals surface area contributed by atoms with Gasteiger partial charge in [0.15, 0.2) is 28.7 Å². The minimum Gasteiger partial charge on any atom is -0.374 e. The number of rotatable bonds is 10. The largest absolute Gasteiger partial charge is 0.374 e. The van der Waals surface area contributed by atoms with Crippen molar-refractivity contribution in [3.8, 4) is 0 Å².